The molecule has 0 aliphatic heterocycles. The molecule has 0 unspecified atom stereocenters. The third kappa shape index (κ3) is 3.09. The normalized spacial score (nSPS) is 12.3. The summed E-state index contributed by atoms with van der Waals surface area (Å²) in [6.45, 7) is 1.93. The van der Waals surface area contributed by atoms with Gasteiger partial charge >= 0.3 is 0 Å². The highest BCUT2D eigenvalue weighted by Crippen LogP contribution is 2.25. The number of pyridine rings is 1. The van der Waals surface area contributed by atoms with Gasteiger partial charge in [0.2, 0.25) is 5.16 Å². The fourth-order valence-corrected chi connectivity index (χ4v) is 2.52. The van der Waals surface area contributed by atoms with E-state index in [0.717, 1.165) is 16.3 Å². The summed E-state index contributed by atoms with van der Waals surface area (Å²) in [7, 11) is 0. The fourth-order valence-electron chi connectivity index (χ4n) is 1.79. The first-order valence-corrected chi connectivity index (χ1v) is 7.29. The van der Waals surface area contributed by atoms with E-state index in [1.54, 1.807) is 10.9 Å². The third-order valence-electron chi connectivity index (χ3n) is 2.92. The van der Waals surface area contributed by atoms with Crippen LogP contribution in [-0.2, 0) is 0 Å². The van der Waals surface area contributed by atoms with E-state index in [9.17, 15) is 0 Å². The molecule has 0 spiro atoms. The van der Waals surface area contributed by atoms with Crippen LogP contribution in [0.25, 0.3) is 5.69 Å². The number of nitrogens with zero attached hydrogens (tertiary/aromatic N) is 5. The number of rotatable bonds is 4. The van der Waals surface area contributed by atoms with Crippen LogP contribution in [0.3, 0.4) is 0 Å². The number of tetrazole rings is 1. The van der Waals surface area contributed by atoms with Gasteiger partial charge in [0.05, 0.1) is 5.69 Å². The molecule has 0 saturated carbocycles. The molecule has 0 bridgehead atoms. The molecule has 0 aliphatic rings. The predicted octanol–water partition coefficient (Wildman–Crippen LogP) is 2.23. The summed E-state index contributed by atoms with van der Waals surface area (Å²) in [5, 5.41) is 13.3. The van der Waals surface area contributed by atoms with Crippen molar-refractivity contribution in [1.82, 2.24) is 25.2 Å². The molecule has 7 heteroatoms. The number of benzene rings is 1. The van der Waals surface area contributed by atoms with Gasteiger partial charge < -0.3 is 5.73 Å². The second-order valence-electron chi connectivity index (χ2n) is 4.53. The molecule has 1 aromatic carbocycles. The lowest BCUT2D eigenvalue weighted by molar-refractivity contribution is 0.755. The number of hydrogen-bond acceptors (Lipinski definition) is 6. The highest BCUT2D eigenvalue weighted by atomic mass is 32.2. The first kappa shape index (κ1) is 13.7. The summed E-state index contributed by atoms with van der Waals surface area (Å²) in [4.78, 5) is 4.38. The smallest absolute Gasteiger partial charge is 0.220 e. The Balaban J connectivity index is 1.84. The van der Waals surface area contributed by atoms with Crippen LogP contribution in [0, 0.1) is 0 Å². The van der Waals surface area contributed by atoms with E-state index >= 15 is 0 Å². The molecule has 2 aromatic heterocycles. The Morgan fingerprint density at radius 3 is 2.62 bits per heavy atom. The summed E-state index contributed by atoms with van der Waals surface area (Å²) < 4.78 is 1.69. The summed E-state index contributed by atoms with van der Waals surface area (Å²) in [6.07, 6.45) is 1.78. The van der Waals surface area contributed by atoms with E-state index in [1.807, 2.05) is 49.4 Å². The maximum Gasteiger partial charge on any atom is 0.220 e. The van der Waals surface area contributed by atoms with Crippen LogP contribution in [0.1, 0.15) is 18.5 Å². The zero-order valence-corrected chi connectivity index (χ0v) is 12.2. The average molecular weight is 298 g/mol. The zero-order chi connectivity index (χ0) is 14.7. The molecule has 2 N–H and O–H groups in total. The van der Waals surface area contributed by atoms with Gasteiger partial charge in [-0.05, 0) is 52.9 Å². The lowest BCUT2D eigenvalue weighted by Gasteiger charge is -2.06. The minimum atomic E-state index is -0.0220. The molecule has 0 saturated heterocycles. The van der Waals surface area contributed by atoms with Crippen LogP contribution in [0.15, 0.2) is 58.8 Å². The Labute approximate surface area is 126 Å². The first-order chi connectivity index (χ1) is 10.2. The minimum Gasteiger partial charge on any atom is -0.324 e. The van der Waals surface area contributed by atoms with Crippen molar-refractivity contribution in [1.29, 1.82) is 0 Å². The van der Waals surface area contributed by atoms with Gasteiger partial charge in [-0.15, -0.1) is 5.10 Å². The summed E-state index contributed by atoms with van der Waals surface area (Å²) in [5.74, 6) is 0. The van der Waals surface area contributed by atoms with Gasteiger partial charge in [0.1, 0.15) is 5.03 Å². The van der Waals surface area contributed by atoms with E-state index < -0.39 is 0 Å². The van der Waals surface area contributed by atoms with E-state index in [-0.39, 0.29) is 6.04 Å². The van der Waals surface area contributed by atoms with Crippen molar-refractivity contribution in [3.8, 4) is 5.69 Å². The minimum absolute atomic E-state index is 0.0220. The molecular weight excluding hydrogens is 284 g/mol. The van der Waals surface area contributed by atoms with E-state index in [4.69, 9.17) is 5.73 Å². The van der Waals surface area contributed by atoms with E-state index in [2.05, 4.69) is 20.5 Å². The Bertz CT molecular complexity index is 708. The molecule has 21 heavy (non-hydrogen) atoms. The second-order valence-corrected chi connectivity index (χ2v) is 5.52. The first-order valence-electron chi connectivity index (χ1n) is 6.47. The van der Waals surface area contributed by atoms with Gasteiger partial charge in [-0.2, -0.15) is 4.68 Å². The predicted molar refractivity (Wildman–Crippen MR) is 80.1 cm³/mol. The van der Waals surface area contributed by atoms with Gasteiger partial charge in [0, 0.05) is 12.2 Å². The van der Waals surface area contributed by atoms with Gasteiger partial charge in [-0.25, -0.2) is 4.98 Å². The quantitative estimate of drug-likeness (QED) is 0.795. The van der Waals surface area contributed by atoms with Crippen molar-refractivity contribution in [2.24, 2.45) is 5.73 Å². The summed E-state index contributed by atoms with van der Waals surface area (Å²) in [5.41, 5.74) is 7.73. The molecule has 3 aromatic rings. The van der Waals surface area contributed by atoms with Crippen molar-refractivity contribution in [2.45, 2.75) is 23.1 Å². The number of hydrogen-bond donors (Lipinski definition) is 1. The van der Waals surface area contributed by atoms with Gasteiger partial charge in [0.15, 0.2) is 0 Å². The number of para-hydroxylation sites is 1. The molecule has 106 valence electrons. The standard InChI is InChI=1S/C14H14N6S/c1-10(15)11-7-8-13(16-9-11)21-14-17-18-19-20(14)12-5-3-2-4-6-12/h2-10H,15H2,1H3/t10-/m0/s1. The van der Waals surface area contributed by atoms with Crippen LogP contribution in [0.2, 0.25) is 0 Å². The molecule has 0 radical (unpaired) electrons. The van der Waals surface area contributed by atoms with Crippen molar-refractivity contribution in [3.63, 3.8) is 0 Å². The van der Waals surface area contributed by atoms with Crippen molar-refractivity contribution < 1.29 is 0 Å². The van der Waals surface area contributed by atoms with Gasteiger partial charge in [-0.3, -0.25) is 0 Å². The SMILES string of the molecule is C[C@H](N)c1ccc(Sc2nnnn2-c2ccccc2)nc1. The van der Waals surface area contributed by atoms with Gasteiger partial charge in [0.25, 0.3) is 0 Å². The van der Waals surface area contributed by atoms with Crippen molar-refractivity contribution in [2.75, 3.05) is 0 Å². The molecule has 0 aliphatic carbocycles. The Hall–Kier alpha value is -2.25. The summed E-state index contributed by atoms with van der Waals surface area (Å²) >= 11 is 1.41. The molecule has 1 atom stereocenters. The summed E-state index contributed by atoms with van der Waals surface area (Å²) in [6, 6.07) is 13.6. The molecule has 0 amide bonds. The Kier molecular flexibility index (Phi) is 3.94. The Morgan fingerprint density at radius 2 is 1.95 bits per heavy atom. The lowest BCUT2D eigenvalue weighted by atomic mass is 10.2. The van der Waals surface area contributed by atoms with Crippen molar-refractivity contribution in [3.05, 3.63) is 54.2 Å². The van der Waals surface area contributed by atoms with Crippen LogP contribution in [0.4, 0.5) is 0 Å². The molecule has 3 rings (SSSR count). The van der Waals surface area contributed by atoms with Crippen LogP contribution >= 0.6 is 11.8 Å². The molecule has 2 heterocycles. The van der Waals surface area contributed by atoms with Crippen LogP contribution in [0.5, 0.6) is 0 Å². The van der Waals surface area contributed by atoms with E-state index in [0.29, 0.717) is 5.16 Å². The van der Waals surface area contributed by atoms with Gasteiger partial charge in [-0.1, -0.05) is 24.3 Å². The largest absolute Gasteiger partial charge is 0.324 e. The maximum atomic E-state index is 5.82. The van der Waals surface area contributed by atoms with Crippen molar-refractivity contribution >= 4 is 11.8 Å². The maximum absolute atomic E-state index is 5.82. The van der Waals surface area contributed by atoms with E-state index in [1.165, 1.54) is 11.8 Å². The lowest BCUT2D eigenvalue weighted by Crippen LogP contribution is -2.05. The average Bonchev–Trinajstić information content (AvgIpc) is 2.97. The molecular formula is C14H14N6S. The fraction of sp³-hybridized carbons (Fsp3) is 0.143. The van der Waals surface area contributed by atoms with Crippen LogP contribution < -0.4 is 5.73 Å². The van der Waals surface area contributed by atoms with Crippen LogP contribution in [-0.4, -0.2) is 25.2 Å². The Morgan fingerprint density at radius 1 is 1.14 bits per heavy atom. The third-order valence-corrected chi connectivity index (χ3v) is 3.81. The number of aromatic nitrogens is 5. The monoisotopic (exact) mass is 298 g/mol. The molecule has 6 nitrogen and oxygen atoms in total. The highest BCUT2D eigenvalue weighted by Gasteiger charge is 2.11. The highest BCUT2D eigenvalue weighted by molar-refractivity contribution is 7.99. The number of nitrogens with two attached hydrogens (primary N) is 1. The zero-order valence-electron chi connectivity index (χ0n) is 11.4. The molecule has 0 fully saturated rings. The topological polar surface area (TPSA) is 82.5 Å². The second kappa shape index (κ2) is 6.02.